The summed E-state index contributed by atoms with van der Waals surface area (Å²) in [6.07, 6.45) is 6.09. The van der Waals surface area contributed by atoms with E-state index < -0.39 is 0 Å². The third kappa shape index (κ3) is 2.40. The fourth-order valence-electron chi connectivity index (χ4n) is 4.03. The monoisotopic (exact) mass is 304 g/mol. The van der Waals surface area contributed by atoms with Gasteiger partial charge in [-0.1, -0.05) is 0 Å². The van der Waals surface area contributed by atoms with Crippen molar-refractivity contribution < 1.29 is 9.59 Å². The first-order chi connectivity index (χ1) is 10.6. The van der Waals surface area contributed by atoms with Gasteiger partial charge in [-0.15, -0.1) is 0 Å². The van der Waals surface area contributed by atoms with E-state index >= 15 is 0 Å². The van der Waals surface area contributed by atoms with Gasteiger partial charge in [0, 0.05) is 44.8 Å². The van der Waals surface area contributed by atoms with Crippen molar-refractivity contribution in [3.05, 3.63) is 18.0 Å². The van der Waals surface area contributed by atoms with Crippen molar-refractivity contribution in [1.82, 2.24) is 19.6 Å². The van der Waals surface area contributed by atoms with Crippen molar-refractivity contribution in [1.29, 1.82) is 0 Å². The van der Waals surface area contributed by atoms with E-state index in [0.717, 1.165) is 38.8 Å². The second kappa shape index (κ2) is 5.74. The van der Waals surface area contributed by atoms with Gasteiger partial charge < -0.3 is 9.80 Å². The molecule has 2 saturated heterocycles. The van der Waals surface area contributed by atoms with Gasteiger partial charge in [0.1, 0.15) is 5.69 Å². The molecule has 1 aromatic rings. The van der Waals surface area contributed by atoms with Gasteiger partial charge in [0.2, 0.25) is 5.91 Å². The van der Waals surface area contributed by atoms with Crippen LogP contribution in [-0.4, -0.2) is 56.6 Å². The number of nitrogens with zero attached hydrogens (tertiary/aromatic N) is 4. The van der Waals surface area contributed by atoms with Crippen molar-refractivity contribution in [3.63, 3.8) is 0 Å². The maximum absolute atomic E-state index is 12.6. The van der Waals surface area contributed by atoms with Crippen molar-refractivity contribution in [3.8, 4) is 0 Å². The summed E-state index contributed by atoms with van der Waals surface area (Å²) in [4.78, 5) is 28.7. The molecule has 0 bridgehead atoms. The smallest absolute Gasteiger partial charge is 0.272 e. The summed E-state index contributed by atoms with van der Waals surface area (Å²) in [7, 11) is 1.79. The molecule has 0 aromatic carbocycles. The molecule has 2 aliphatic heterocycles. The number of hydrogen-bond donors (Lipinski definition) is 0. The molecule has 0 aliphatic carbocycles. The van der Waals surface area contributed by atoms with Crippen LogP contribution in [0.3, 0.4) is 0 Å². The molecule has 3 heterocycles. The Labute approximate surface area is 131 Å². The van der Waals surface area contributed by atoms with Gasteiger partial charge >= 0.3 is 0 Å². The largest absolute Gasteiger partial charge is 0.337 e. The molecule has 3 rings (SSSR count). The molecule has 6 nitrogen and oxygen atoms in total. The van der Waals surface area contributed by atoms with Crippen LogP contribution in [0.4, 0.5) is 0 Å². The van der Waals surface area contributed by atoms with E-state index in [9.17, 15) is 9.59 Å². The minimum Gasteiger partial charge on any atom is -0.337 e. The highest BCUT2D eigenvalue weighted by atomic mass is 16.2. The van der Waals surface area contributed by atoms with Crippen LogP contribution < -0.4 is 0 Å². The van der Waals surface area contributed by atoms with Crippen LogP contribution in [0.5, 0.6) is 0 Å². The lowest BCUT2D eigenvalue weighted by Crippen LogP contribution is -2.46. The molecule has 120 valence electrons. The van der Waals surface area contributed by atoms with Crippen LogP contribution >= 0.6 is 0 Å². The molecule has 1 atom stereocenters. The highest BCUT2D eigenvalue weighted by Gasteiger charge is 2.45. The van der Waals surface area contributed by atoms with E-state index in [-0.39, 0.29) is 17.4 Å². The summed E-state index contributed by atoms with van der Waals surface area (Å²) in [5, 5.41) is 4.08. The van der Waals surface area contributed by atoms with Crippen LogP contribution in [0.25, 0.3) is 0 Å². The van der Waals surface area contributed by atoms with E-state index in [4.69, 9.17) is 0 Å². The first-order valence-electron chi connectivity index (χ1n) is 8.15. The molecule has 6 heteroatoms. The molecular weight excluding hydrogens is 280 g/mol. The Hall–Kier alpha value is -1.85. The number of aromatic nitrogens is 2. The van der Waals surface area contributed by atoms with E-state index in [0.29, 0.717) is 18.7 Å². The third-order valence-electron chi connectivity index (χ3n) is 5.24. The Kier molecular flexibility index (Phi) is 3.93. The molecule has 2 amide bonds. The molecule has 1 aromatic heterocycles. The number of aryl methyl sites for hydroxylation is 1. The molecule has 2 aliphatic rings. The average Bonchev–Trinajstić information content (AvgIpc) is 2.98. The van der Waals surface area contributed by atoms with Gasteiger partial charge in [0.15, 0.2) is 0 Å². The lowest BCUT2D eigenvalue weighted by atomic mass is 9.88. The molecule has 0 radical (unpaired) electrons. The predicted octanol–water partition coefficient (Wildman–Crippen LogP) is 1.43. The lowest BCUT2D eigenvalue weighted by Gasteiger charge is -2.37. The molecule has 0 saturated carbocycles. The SMILES string of the molecule is CCN1C(=O)CC[C@@]12CCCN(C(=O)c1ccnn1C)CC2. The van der Waals surface area contributed by atoms with E-state index in [1.165, 1.54) is 0 Å². The molecular formula is C16H24N4O2. The second-order valence-electron chi connectivity index (χ2n) is 6.35. The summed E-state index contributed by atoms with van der Waals surface area (Å²) >= 11 is 0. The molecule has 22 heavy (non-hydrogen) atoms. The normalized spacial score (nSPS) is 25.8. The van der Waals surface area contributed by atoms with Gasteiger partial charge in [0.25, 0.3) is 5.91 Å². The minimum absolute atomic E-state index is 0.0205. The van der Waals surface area contributed by atoms with Gasteiger partial charge in [-0.25, -0.2) is 0 Å². The maximum atomic E-state index is 12.6. The van der Waals surface area contributed by atoms with Gasteiger partial charge in [-0.05, 0) is 38.7 Å². The highest BCUT2D eigenvalue weighted by Crippen LogP contribution is 2.38. The number of carbonyl (C=O) groups excluding carboxylic acids is 2. The Morgan fingerprint density at radius 1 is 1.32 bits per heavy atom. The van der Waals surface area contributed by atoms with Crippen molar-refractivity contribution in [2.24, 2.45) is 7.05 Å². The average molecular weight is 304 g/mol. The molecule has 1 spiro atoms. The van der Waals surface area contributed by atoms with Crippen molar-refractivity contribution in [2.45, 2.75) is 44.6 Å². The highest BCUT2D eigenvalue weighted by molar-refractivity contribution is 5.92. The standard InChI is InChI=1S/C16H24N4O2/c1-3-20-14(21)5-8-16(20)7-4-11-19(12-9-16)15(22)13-6-10-17-18(13)2/h6,10H,3-5,7-9,11-12H2,1-2H3/t16-/m1/s1. The fourth-order valence-corrected chi connectivity index (χ4v) is 4.03. The summed E-state index contributed by atoms with van der Waals surface area (Å²) in [5.41, 5.74) is 0.610. The van der Waals surface area contributed by atoms with Gasteiger partial charge in [-0.3, -0.25) is 14.3 Å². The van der Waals surface area contributed by atoms with Gasteiger partial charge in [-0.2, -0.15) is 5.10 Å². The first-order valence-corrected chi connectivity index (χ1v) is 8.15. The van der Waals surface area contributed by atoms with Crippen LogP contribution in [0.1, 0.15) is 49.5 Å². The van der Waals surface area contributed by atoms with E-state index in [1.54, 1.807) is 24.0 Å². The van der Waals surface area contributed by atoms with E-state index in [2.05, 4.69) is 12.0 Å². The van der Waals surface area contributed by atoms with Crippen LogP contribution in [0, 0.1) is 0 Å². The fraction of sp³-hybridized carbons (Fsp3) is 0.688. The maximum Gasteiger partial charge on any atom is 0.272 e. The summed E-state index contributed by atoms with van der Waals surface area (Å²) in [5.74, 6) is 0.318. The Morgan fingerprint density at radius 3 is 2.82 bits per heavy atom. The van der Waals surface area contributed by atoms with Crippen LogP contribution in [-0.2, 0) is 11.8 Å². The summed E-state index contributed by atoms with van der Waals surface area (Å²) in [6, 6.07) is 1.76. The molecule has 0 N–H and O–H groups in total. The Balaban J connectivity index is 1.74. The van der Waals surface area contributed by atoms with Crippen LogP contribution in [0.2, 0.25) is 0 Å². The quantitative estimate of drug-likeness (QED) is 0.830. The van der Waals surface area contributed by atoms with Crippen molar-refractivity contribution in [2.75, 3.05) is 19.6 Å². The van der Waals surface area contributed by atoms with Crippen molar-refractivity contribution >= 4 is 11.8 Å². The minimum atomic E-state index is -0.0205. The summed E-state index contributed by atoms with van der Waals surface area (Å²) in [6.45, 7) is 4.30. The number of hydrogen-bond acceptors (Lipinski definition) is 3. The lowest BCUT2D eigenvalue weighted by molar-refractivity contribution is -0.131. The number of carbonyl (C=O) groups is 2. The second-order valence-corrected chi connectivity index (χ2v) is 6.35. The zero-order chi connectivity index (χ0) is 15.7. The Bertz CT molecular complexity index is 582. The Morgan fingerprint density at radius 2 is 2.14 bits per heavy atom. The number of likely N-dealkylation sites (tertiary alicyclic amines) is 2. The van der Waals surface area contributed by atoms with E-state index in [1.807, 2.05) is 9.80 Å². The topological polar surface area (TPSA) is 58.4 Å². The van der Waals surface area contributed by atoms with Crippen LogP contribution in [0.15, 0.2) is 12.3 Å². The first kappa shape index (κ1) is 15.1. The van der Waals surface area contributed by atoms with Gasteiger partial charge in [0.05, 0.1) is 0 Å². The number of rotatable bonds is 2. The summed E-state index contributed by atoms with van der Waals surface area (Å²) < 4.78 is 1.63. The third-order valence-corrected chi connectivity index (χ3v) is 5.24. The zero-order valence-electron chi connectivity index (χ0n) is 13.4. The number of amides is 2. The molecule has 0 unspecified atom stereocenters. The zero-order valence-corrected chi connectivity index (χ0v) is 13.4. The molecule has 2 fully saturated rings. The predicted molar refractivity (Wildman–Crippen MR) is 82.3 cm³/mol.